The molecule has 88 valence electrons. The summed E-state index contributed by atoms with van der Waals surface area (Å²) in [6, 6.07) is 16.2. The first-order valence-electron chi connectivity index (χ1n) is 5.66. The molecule has 2 N–H and O–H groups in total. The zero-order valence-electron chi connectivity index (χ0n) is 9.55. The van der Waals surface area contributed by atoms with E-state index in [-0.39, 0.29) is 11.3 Å². The van der Waals surface area contributed by atoms with Gasteiger partial charge in [-0.15, -0.1) is 0 Å². The van der Waals surface area contributed by atoms with Gasteiger partial charge in [0, 0.05) is 11.1 Å². The number of fused-ring (bicyclic) bond motifs is 1. The molecule has 18 heavy (non-hydrogen) atoms. The molecule has 0 spiro atoms. The maximum Gasteiger partial charge on any atom is 0.256 e. The second-order valence-electron chi connectivity index (χ2n) is 4.12. The van der Waals surface area contributed by atoms with Gasteiger partial charge in [0.25, 0.3) is 5.56 Å². The van der Waals surface area contributed by atoms with Crippen LogP contribution in [0.4, 0.5) is 0 Å². The van der Waals surface area contributed by atoms with Crippen molar-refractivity contribution in [3.8, 4) is 16.9 Å². The van der Waals surface area contributed by atoms with Gasteiger partial charge in [0.2, 0.25) is 0 Å². The van der Waals surface area contributed by atoms with Crippen LogP contribution in [0.25, 0.3) is 22.0 Å². The maximum atomic E-state index is 12.0. The topological polar surface area (TPSA) is 53.1 Å². The van der Waals surface area contributed by atoms with E-state index in [0.29, 0.717) is 11.1 Å². The molecule has 0 fully saturated rings. The summed E-state index contributed by atoms with van der Waals surface area (Å²) >= 11 is 0. The standard InChI is InChI=1S/C15H11NO2/c17-14-8-4-2-6-11(14)12-9-10-5-1-3-7-13(10)16-15(12)18/h1-9,17H,(H,16,18). The van der Waals surface area contributed by atoms with Crippen molar-refractivity contribution in [2.24, 2.45) is 0 Å². The minimum Gasteiger partial charge on any atom is -0.507 e. The van der Waals surface area contributed by atoms with Gasteiger partial charge in [-0.05, 0) is 23.6 Å². The summed E-state index contributed by atoms with van der Waals surface area (Å²) in [5.41, 5.74) is 1.62. The van der Waals surface area contributed by atoms with E-state index < -0.39 is 0 Å². The molecule has 0 aliphatic carbocycles. The molecule has 0 bridgehead atoms. The van der Waals surface area contributed by atoms with Crippen molar-refractivity contribution >= 4 is 10.9 Å². The van der Waals surface area contributed by atoms with Gasteiger partial charge in [-0.25, -0.2) is 0 Å². The van der Waals surface area contributed by atoms with Gasteiger partial charge in [-0.3, -0.25) is 4.79 Å². The zero-order valence-corrected chi connectivity index (χ0v) is 9.55. The molecule has 3 rings (SSSR count). The second-order valence-corrected chi connectivity index (χ2v) is 4.12. The van der Waals surface area contributed by atoms with Crippen molar-refractivity contribution in [1.82, 2.24) is 4.98 Å². The van der Waals surface area contributed by atoms with Crippen LogP contribution in [-0.4, -0.2) is 10.1 Å². The Morgan fingerprint density at radius 3 is 2.44 bits per heavy atom. The third-order valence-electron chi connectivity index (χ3n) is 2.95. The Kier molecular flexibility index (Phi) is 2.38. The molecule has 0 aliphatic rings. The SMILES string of the molecule is O=c1[nH]c2ccccc2cc1-c1ccccc1O. The molecule has 1 aromatic heterocycles. The number of hydrogen-bond donors (Lipinski definition) is 2. The number of pyridine rings is 1. The van der Waals surface area contributed by atoms with Crippen molar-refractivity contribution in [1.29, 1.82) is 0 Å². The van der Waals surface area contributed by atoms with Crippen LogP contribution < -0.4 is 5.56 Å². The molecule has 0 unspecified atom stereocenters. The van der Waals surface area contributed by atoms with Crippen LogP contribution in [0.3, 0.4) is 0 Å². The fourth-order valence-corrected chi connectivity index (χ4v) is 2.05. The van der Waals surface area contributed by atoms with E-state index in [1.54, 1.807) is 30.3 Å². The Hall–Kier alpha value is -2.55. The first kappa shape index (κ1) is 10.6. The average Bonchev–Trinajstić information content (AvgIpc) is 2.39. The van der Waals surface area contributed by atoms with Crippen LogP contribution in [0.2, 0.25) is 0 Å². The molecule has 0 amide bonds. The van der Waals surface area contributed by atoms with E-state index >= 15 is 0 Å². The number of nitrogens with one attached hydrogen (secondary N) is 1. The Bertz CT molecular complexity index is 775. The van der Waals surface area contributed by atoms with Crippen molar-refractivity contribution < 1.29 is 5.11 Å². The van der Waals surface area contributed by atoms with E-state index in [2.05, 4.69) is 4.98 Å². The van der Waals surface area contributed by atoms with Gasteiger partial charge >= 0.3 is 0 Å². The lowest BCUT2D eigenvalue weighted by atomic mass is 10.0. The predicted molar refractivity (Wildman–Crippen MR) is 71.7 cm³/mol. The van der Waals surface area contributed by atoms with E-state index in [4.69, 9.17) is 0 Å². The summed E-state index contributed by atoms with van der Waals surface area (Å²) in [6.07, 6.45) is 0. The summed E-state index contributed by atoms with van der Waals surface area (Å²) in [7, 11) is 0. The van der Waals surface area contributed by atoms with Crippen LogP contribution in [0.15, 0.2) is 59.4 Å². The lowest BCUT2D eigenvalue weighted by Gasteiger charge is -2.05. The highest BCUT2D eigenvalue weighted by atomic mass is 16.3. The third-order valence-corrected chi connectivity index (χ3v) is 2.95. The van der Waals surface area contributed by atoms with Crippen LogP contribution in [0, 0.1) is 0 Å². The van der Waals surface area contributed by atoms with Gasteiger partial charge in [0.15, 0.2) is 0 Å². The largest absolute Gasteiger partial charge is 0.507 e. The van der Waals surface area contributed by atoms with Crippen LogP contribution in [0.5, 0.6) is 5.75 Å². The number of aromatic nitrogens is 1. The van der Waals surface area contributed by atoms with Crippen LogP contribution >= 0.6 is 0 Å². The number of aromatic amines is 1. The Labute approximate surface area is 103 Å². The number of phenolic OH excluding ortho intramolecular Hbond substituents is 1. The fraction of sp³-hybridized carbons (Fsp3) is 0. The Balaban J connectivity index is 2.33. The molecule has 0 atom stereocenters. The molecule has 2 aromatic carbocycles. The number of hydrogen-bond acceptors (Lipinski definition) is 2. The normalized spacial score (nSPS) is 10.7. The van der Waals surface area contributed by atoms with E-state index in [0.717, 1.165) is 10.9 Å². The molecule has 3 heteroatoms. The van der Waals surface area contributed by atoms with Gasteiger partial charge in [0.05, 0.1) is 5.56 Å². The molecule has 0 radical (unpaired) electrons. The minimum atomic E-state index is -0.199. The molecule has 0 saturated carbocycles. The molecule has 3 nitrogen and oxygen atoms in total. The molecular formula is C15H11NO2. The number of aromatic hydroxyl groups is 1. The first-order valence-corrected chi connectivity index (χ1v) is 5.66. The van der Waals surface area contributed by atoms with E-state index in [1.807, 2.05) is 24.3 Å². The van der Waals surface area contributed by atoms with Crippen molar-refractivity contribution in [2.45, 2.75) is 0 Å². The number of para-hydroxylation sites is 2. The monoisotopic (exact) mass is 237 g/mol. The maximum absolute atomic E-state index is 12.0. The van der Waals surface area contributed by atoms with Crippen molar-refractivity contribution in [3.05, 3.63) is 65.0 Å². The number of benzene rings is 2. The molecule has 1 heterocycles. The number of H-pyrrole nitrogens is 1. The first-order chi connectivity index (χ1) is 8.75. The van der Waals surface area contributed by atoms with Gasteiger partial charge in [0.1, 0.15) is 5.75 Å². The third kappa shape index (κ3) is 1.66. The summed E-state index contributed by atoms with van der Waals surface area (Å²) in [5, 5.41) is 10.7. The number of rotatable bonds is 1. The highest BCUT2D eigenvalue weighted by molar-refractivity contribution is 5.84. The number of phenols is 1. The molecular weight excluding hydrogens is 226 g/mol. The van der Waals surface area contributed by atoms with E-state index in [1.165, 1.54) is 0 Å². The summed E-state index contributed by atoms with van der Waals surface area (Å²) in [6.45, 7) is 0. The summed E-state index contributed by atoms with van der Waals surface area (Å²) in [4.78, 5) is 14.8. The smallest absolute Gasteiger partial charge is 0.256 e. The molecule has 0 saturated heterocycles. The van der Waals surface area contributed by atoms with Crippen molar-refractivity contribution in [2.75, 3.05) is 0 Å². The van der Waals surface area contributed by atoms with Gasteiger partial charge < -0.3 is 10.1 Å². The highest BCUT2D eigenvalue weighted by Crippen LogP contribution is 2.27. The lowest BCUT2D eigenvalue weighted by Crippen LogP contribution is -2.08. The summed E-state index contributed by atoms with van der Waals surface area (Å²) in [5.74, 6) is 0.110. The Morgan fingerprint density at radius 2 is 1.61 bits per heavy atom. The Morgan fingerprint density at radius 1 is 0.889 bits per heavy atom. The van der Waals surface area contributed by atoms with Crippen LogP contribution in [0.1, 0.15) is 0 Å². The van der Waals surface area contributed by atoms with Gasteiger partial charge in [-0.2, -0.15) is 0 Å². The lowest BCUT2D eigenvalue weighted by molar-refractivity contribution is 0.477. The molecule has 3 aromatic rings. The van der Waals surface area contributed by atoms with E-state index in [9.17, 15) is 9.90 Å². The predicted octanol–water partition coefficient (Wildman–Crippen LogP) is 2.90. The van der Waals surface area contributed by atoms with Gasteiger partial charge in [-0.1, -0.05) is 36.4 Å². The highest BCUT2D eigenvalue weighted by Gasteiger charge is 2.08. The zero-order chi connectivity index (χ0) is 12.5. The molecule has 0 aliphatic heterocycles. The van der Waals surface area contributed by atoms with Crippen molar-refractivity contribution in [3.63, 3.8) is 0 Å². The average molecular weight is 237 g/mol. The van der Waals surface area contributed by atoms with Crippen LogP contribution in [-0.2, 0) is 0 Å². The quantitative estimate of drug-likeness (QED) is 0.683. The second kappa shape index (κ2) is 4.04. The summed E-state index contributed by atoms with van der Waals surface area (Å²) < 4.78 is 0. The minimum absolute atomic E-state index is 0.110. The fourth-order valence-electron chi connectivity index (χ4n) is 2.05.